The van der Waals surface area contributed by atoms with E-state index >= 15 is 0 Å². The van der Waals surface area contributed by atoms with Crippen LogP contribution in [0.5, 0.6) is 5.75 Å². The number of carbonyl (C=O) groups excluding carboxylic acids is 1. The molecule has 0 aliphatic carbocycles. The molecule has 5 aromatic rings. The average Bonchev–Trinajstić information content (AvgIpc) is 3.30. The van der Waals surface area contributed by atoms with Crippen molar-refractivity contribution >= 4 is 67.2 Å². The van der Waals surface area contributed by atoms with E-state index in [4.69, 9.17) is 26.5 Å². The third kappa shape index (κ3) is 4.86. The molecule has 0 aliphatic rings. The summed E-state index contributed by atoms with van der Waals surface area (Å²) in [6, 6.07) is 16.3. The minimum absolute atomic E-state index is 0.0108. The summed E-state index contributed by atoms with van der Waals surface area (Å²) in [5.74, 6) is -0.779. The molecule has 38 heavy (non-hydrogen) atoms. The molecule has 190 valence electrons. The highest BCUT2D eigenvalue weighted by Crippen LogP contribution is 2.34. The molecule has 2 aromatic heterocycles. The molecule has 13 heteroatoms. The molecule has 0 saturated heterocycles. The number of carbonyl (C=O) groups is 1. The highest BCUT2D eigenvalue weighted by Gasteiger charge is 2.22. The van der Waals surface area contributed by atoms with Gasteiger partial charge in [0.1, 0.15) is 5.58 Å². The Balaban J connectivity index is 1.72. The number of fused-ring (bicyclic) bond motifs is 2. The van der Waals surface area contributed by atoms with Gasteiger partial charge in [-0.1, -0.05) is 39.7 Å². The van der Waals surface area contributed by atoms with E-state index in [9.17, 15) is 19.7 Å². The number of nitro benzene ring substituents is 1. The van der Waals surface area contributed by atoms with Crippen molar-refractivity contribution in [2.24, 2.45) is 10.8 Å². The van der Waals surface area contributed by atoms with Crippen molar-refractivity contribution in [3.63, 3.8) is 0 Å². The summed E-state index contributed by atoms with van der Waals surface area (Å²) in [6.45, 7) is -0.624. The first-order chi connectivity index (χ1) is 18.2. The summed E-state index contributed by atoms with van der Waals surface area (Å²) in [4.78, 5) is 40.3. The molecular formula is C25H15BrClN5O6. The Labute approximate surface area is 226 Å². The van der Waals surface area contributed by atoms with Crippen molar-refractivity contribution in [1.82, 2.24) is 9.66 Å². The zero-order chi connectivity index (χ0) is 27.0. The van der Waals surface area contributed by atoms with Crippen molar-refractivity contribution in [3.8, 4) is 17.3 Å². The molecule has 0 radical (unpaired) electrons. The van der Waals surface area contributed by atoms with Crippen molar-refractivity contribution in [3.05, 3.63) is 96.2 Å². The number of benzene rings is 3. The quantitative estimate of drug-likeness (QED) is 0.159. The lowest BCUT2D eigenvalue weighted by Gasteiger charge is -2.10. The number of hydrogen-bond donors (Lipinski definition) is 1. The predicted octanol–water partition coefficient (Wildman–Crippen LogP) is 4.88. The van der Waals surface area contributed by atoms with Crippen LogP contribution in [0.25, 0.3) is 33.5 Å². The maximum Gasteiger partial charge on any atom is 0.313 e. The van der Waals surface area contributed by atoms with Crippen LogP contribution in [0.4, 0.5) is 5.69 Å². The Morgan fingerprint density at radius 1 is 1.24 bits per heavy atom. The number of halogens is 2. The Morgan fingerprint density at radius 2 is 2.03 bits per heavy atom. The Kier molecular flexibility index (Phi) is 6.66. The lowest BCUT2D eigenvalue weighted by Crippen LogP contribution is -2.21. The van der Waals surface area contributed by atoms with E-state index in [1.165, 1.54) is 6.07 Å². The molecule has 5 rings (SSSR count). The second-order valence-corrected chi connectivity index (χ2v) is 9.31. The van der Waals surface area contributed by atoms with E-state index in [1.54, 1.807) is 36.4 Å². The van der Waals surface area contributed by atoms with E-state index in [-0.39, 0.29) is 33.3 Å². The Bertz CT molecular complexity index is 1850. The first-order valence-corrected chi connectivity index (χ1v) is 12.0. The summed E-state index contributed by atoms with van der Waals surface area (Å²) >= 11 is 9.51. The largest absolute Gasteiger partial charge is 0.476 e. The summed E-state index contributed by atoms with van der Waals surface area (Å²) in [5.41, 5.74) is 5.14. The maximum atomic E-state index is 13.5. The highest BCUT2D eigenvalue weighted by atomic mass is 79.9. The summed E-state index contributed by atoms with van der Waals surface area (Å²) in [6.07, 6.45) is 1.15. The third-order valence-corrected chi connectivity index (χ3v) is 6.09. The van der Waals surface area contributed by atoms with Gasteiger partial charge in [0.25, 0.3) is 11.5 Å². The molecule has 3 aromatic carbocycles. The maximum absolute atomic E-state index is 13.5. The zero-order valence-corrected chi connectivity index (χ0v) is 21.5. The highest BCUT2D eigenvalue weighted by molar-refractivity contribution is 9.10. The number of para-hydroxylation sites is 1. The molecule has 0 bridgehead atoms. The van der Waals surface area contributed by atoms with Gasteiger partial charge < -0.3 is 14.9 Å². The van der Waals surface area contributed by atoms with Gasteiger partial charge in [0, 0.05) is 26.5 Å². The first kappa shape index (κ1) is 25.1. The number of nitrogens with zero attached hydrogens (tertiary/aromatic N) is 4. The van der Waals surface area contributed by atoms with E-state index in [0.717, 1.165) is 26.8 Å². The Morgan fingerprint density at radius 3 is 2.79 bits per heavy atom. The number of furan rings is 1. The van der Waals surface area contributed by atoms with Crippen LogP contribution < -0.4 is 16.0 Å². The summed E-state index contributed by atoms with van der Waals surface area (Å²) < 4.78 is 13.1. The molecule has 2 heterocycles. The molecule has 1 amide bonds. The standard InChI is InChI=1S/C25H15BrClN5O6/c26-15-5-6-20-13(7-15)9-21(38-20)24-30-18-4-2-1-3-17(18)25(34)31(24)29-11-14-8-16(27)10-19(32(35)36)23(14)37-12-22(28)33/h1-11H,12H2,(H2,28,33). The smallest absolute Gasteiger partial charge is 0.313 e. The van der Waals surface area contributed by atoms with Gasteiger partial charge in [0.2, 0.25) is 11.6 Å². The normalized spacial score (nSPS) is 11.4. The molecule has 11 nitrogen and oxygen atoms in total. The van der Waals surface area contributed by atoms with Gasteiger partial charge in [0.05, 0.1) is 22.0 Å². The van der Waals surface area contributed by atoms with Crippen LogP contribution in [0.2, 0.25) is 5.02 Å². The van der Waals surface area contributed by atoms with Crippen LogP contribution in [0.3, 0.4) is 0 Å². The fourth-order valence-corrected chi connectivity index (χ4v) is 4.37. The van der Waals surface area contributed by atoms with Crippen LogP contribution in [0.1, 0.15) is 5.56 Å². The van der Waals surface area contributed by atoms with Gasteiger partial charge in [-0.2, -0.15) is 9.78 Å². The van der Waals surface area contributed by atoms with Gasteiger partial charge in [0.15, 0.2) is 12.4 Å². The fourth-order valence-electron chi connectivity index (χ4n) is 3.77. The van der Waals surface area contributed by atoms with Crippen molar-refractivity contribution in [1.29, 1.82) is 0 Å². The predicted molar refractivity (Wildman–Crippen MR) is 145 cm³/mol. The lowest BCUT2D eigenvalue weighted by molar-refractivity contribution is -0.385. The van der Waals surface area contributed by atoms with Crippen LogP contribution in [-0.2, 0) is 4.79 Å². The molecule has 0 fully saturated rings. The number of nitro groups is 1. The van der Waals surface area contributed by atoms with Crippen molar-refractivity contribution in [2.45, 2.75) is 0 Å². The molecule has 2 N–H and O–H groups in total. The number of amides is 1. The topological polar surface area (TPSA) is 156 Å². The van der Waals surface area contributed by atoms with Crippen molar-refractivity contribution in [2.75, 3.05) is 6.61 Å². The molecule has 0 spiro atoms. The number of ether oxygens (including phenoxy) is 1. The van der Waals surface area contributed by atoms with Crippen molar-refractivity contribution < 1.29 is 18.9 Å². The number of rotatable bonds is 7. The van der Waals surface area contributed by atoms with Gasteiger partial charge in [-0.15, -0.1) is 0 Å². The number of nitrogens with two attached hydrogens (primary N) is 1. The van der Waals surface area contributed by atoms with Crippen LogP contribution in [0, 0.1) is 10.1 Å². The lowest BCUT2D eigenvalue weighted by atomic mass is 10.2. The molecular weight excluding hydrogens is 582 g/mol. The van der Waals surface area contributed by atoms with Crippen LogP contribution in [0.15, 0.2) is 79.4 Å². The average molecular weight is 597 g/mol. The molecule has 0 saturated carbocycles. The molecule has 0 unspecified atom stereocenters. The van der Waals surface area contributed by atoms with Crippen LogP contribution >= 0.6 is 27.5 Å². The van der Waals surface area contributed by atoms with E-state index in [2.05, 4.69) is 26.0 Å². The van der Waals surface area contributed by atoms with E-state index in [0.29, 0.717) is 11.1 Å². The Hall–Kier alpha value is -4.55. The first-order valence-electron chi connectivity index (χ1n) is 10.9. The summed E-state index contributed by atoms with van der Waals surface area (Å²) in [7, 11) is 0. The van der Waals surface area contributed by atoms with E-state index in [1.807, 2.05) is 12.1 Å². The monoisotopic (exact) mass is 595 g/mol. The second kappa shape index (κ2) is 10.1. The number of hydrogen-bond acceptors (Lipinski definition) is 8. The van der Waals surface area contributed by atoms with Crippen LogP contribution in [-0.4, -0.2) is 33.3 Å². The van der Waals surface area contributed by atoms with E-state index < -0.39 is 28.7 Å². The minimum atomic E-state index is -0.842. The molecule has 0 aliphatic heterocycles. The summed E-state index contributed by atoms with van der Waals surface area (Å²) in [5, 5.41) is 17.0. The minimum Gasteiger partial charge on any atom is -0.476 e. The SMILES string of the molecule is NC(=O)COc1c(C=Nn2c(-c3cc4cc(Br)ccc4o3)nc3ccccc3c2=O)cc(Cl)cc1[N+](=O)[O-]. The van der Waals surface area contributed by atoms with Gasteiger partial charge in [-0.05, 0) is 42.5 Å². The fraction of sp³-hybridized carbons (Fsp3) is 0.0400. The third-order valence-electron chi connectivity index (χ3n) is 5.38. The number of primary amides is 1. The molecule has 0 atom stereocenters. The van der Waals surface area contributed by atoms with Gasteiger partial charge in [-0.3, -0.25) is 19.7 Å². The van der Waals surface area contributed by atoms with Gasteiger partial charge in [-0.25, -0.2) is 4.98 Å². The van der Waals surface area contributed by atoms with Gasteiger partial charge >= 0.3 is 5.69 Å². The number of aromatic nitrogens is 2. The zero-order valence-electron chi connectivity index (χ0n) is 19.1. The second-order valence-electron chi connectivity index (χ2n) is 7.96.